The van der Waals surface area contributed by atoms with E-state index in [9.17, 15) is 38.7 Å². The predicted octanol–water partition coefficient (Wildman–Crippen LogP) is 1.14. The van der Waals surface area contributed by atoms with Crippen LogP contribution in [0.1, 0.15) is 51.2 Å². The zero-order valence-electron chi connectivity index (χ0n) is 27.1. The minimum atomic E-state index is -1.76. The molecular weight excluding hydrogens is 646 g/mol. The van der Waals surface area contributed by atoms with Crippen LogP contribution < -0.4 is 16.0 Å². The first-order valence-corrected chi connectivity index (χ1v) is 15.3. The molecule has 0 saturated carbocycles. The molecule has 6 atom stereocenters. The molecule has 1 aliphatic carbocycles. The summed E-state index contributed by atoms with van der Waals surface area (Å²) in [5, 5.41) is 16.9. The van der Waals surface area contributed by atoms with Gasteiger partial charge in [-0.3, -0.25) is 24.0 Å². The lowest BCUT2D eigenvalue weighted by atomic mass is 9.95. The van der Waals surface area contributed by atoms with Crippen molar-refractivity contribution in [1.29, 1.82) is 0 Å². The number of carboxylic acids is 1. The van der Waals surface area contributed by atoms with Crippen LogP contribution in [0.3, 0.4) is 0 Å². The van der Waals surface area contributed by atoms with Gasteiger partial charge in [0.05, 0.1) is 6.42 Å². The Hall–Kier alpha value is -5.51. The highest BCUT2D eigenvalue weighted by Gasteiger charge is 2.51. The van der Waals surface area contributed by atoms with Gasteiger partial charge < -0.3 is 44.7 Å². The quantitative estimate of drug-likeness (QED) is 0.182. The fourth-order valence-corrected chi connectivity index (χ4v) is 5.84. The Bertz CT molecular complexity index is 1570. The van der Waals surface area contributed by atoms with E-state index in [1.165, 1.54) is 0 Å². The minimum absolute atomic E-state index is 0.0997. The highest BCUT2D eigenvalue weighted by atomic mass is 16.6. The Kier molecular flexibility index (Phi) is 11.9. The maximum atomic E-state index is 13.2. The molecule has 1 saturated heterocycles. The number of aliphatic carboxylic acids is 1. The number of rotatable bonds is 12. The van der Waals surface area contributed by atoms with Gasteiger partial charge >= 0.3 is 30.0 Å². The van der Waals surface area contributed by atoms with Crippen molar-refractivity contribution < 1.29 is 62.4 Å². The standard InChI is InChI=1S/C33H37N3O13/c1-16(37)34-28-30(48-19(4)40)29(47-18(3)39)26(15-45-17(2)38)49-31(28)36-27(41)13-25(32(42)43)35-33(44)46-14-24-22-11-7-5-9-20(22)21-10-6-8-12-23(21)24/h5-12,24-26,28-31H,13-15H2,1-4H3,(H,34,37)(H,35,44)(H,36,41)(H,42,43)/t25-,26+,28-,29+,30+,31+/m0/s1. The summed E-state index contributed by atoms with van der Waals surface area (Å²) >= 11 is 0. The van der Waals surface area contributed by atoms with Gasteiger partial charge in [-0.2, -0.15) is 0 Å². The molecule has 1 aliphatic heterocycles. The maximum absolute atomic E-state index is 13.2. The van der Waals surface area contributed by atoms with E-state index in [4.69, 9.17) is 23.7 Å². The number of ether oxygens (including phenoxy) is 5. The average molecular weight is 684 g/mol. The van der Waals surface area contributed by atoms with Crippen LogP contribution in [0.5, 0.6) is 0 Å². The third-order valence-electron chi connectivity index (χ3n) is 7.74. The van der Waals surface area contributed by atoms with Gasteiger partial charge in [0, 0.05) is 33.6 Å². The van der Waals surface area contributed by atoms with Gasteiger partial charge in [-0.05, 0) is 22.3 Å². The molecule has 1 fully saturated rings. The second kappa shape index (κ2) is 16.1. The number of esters is 3. The Balaban J connectivity index is 1.46. The van der Waals surface area contributed by atoms with E-state index in [0.29, 0.717) is 0 Å². The largest absolute Gasteiger partial charge is 0.480 e. The number of alkyl carbamates (subject to hydrolysis) is 1. The van der Waals surface area contributed by atoms with Crippen LogP contribution in [-0.2, 0) is 52.5 Å². The van der Waals surface area contributed by atoms with Crippen molar-refractivity contribution in [3.8, 4) is 11.1 Å². The number of hydrogen-bond acceptors (Lipinski definition) is 12. The topological polar surface area (TPSA) is 222 Å². The lowest BCUT2D eigenvalue weighted by Crippen LogP contribution is -2.69. The van der Waals surface area contributed by atoms with E-state index < -0.39 is 91.4 Å². The molecule has 4 N–H and O–H groups in total. The van der Waals surface area contributed by atoms with Crippen molar-refractivity contribution in [3.05, 3.63) is 59.7 Å². The van der Waals surface area contributed by atoms with Gasteiger partial charge in [0.25, 0.3) is 0 Å². The second-order valence-corrected chi connectivity index (χ2v) is 11.4. The fourth-order valence-electron chi connectivity index (χ4n) is 5.84. The van der Waals surface area contributed by atoms with Gasteiger partial charge in [-0.25, -0.2) is 9.59 Å². The van der Waals surface area contributed by atoms with E-state index in [2.05, 4.69) is 16.0 Å². The molecule has 0 unspecified atom stereocenters. The van der Waals surface area contributed by atoms with Crippen LogP contribution in [0, 0.1) is 0 Å². The predicted molar refractivity (Wildman–Crippen MR) is 166 cm³/mol. The van der Waals surface area contributed by atoms with Crippen molar-refractivity contribution in [2.45, 2.75) is 76.7 Å². The van der Waals surface area contributed by atoms with Gasteiger partial charge in [-0.1, -0.05) is 48.5 Å². The van der Waals surface area contributed by atoms with Crippen LogP contribution in [-0.4, -0.2) is 96.7 Å². The van der Waals surface area contributed by atoms with E-state index >= 15 is 0 Å². The summed E-state index contributed by atoms with van der Waals surface area (Å²) in [6.45, 7) is 3.77. The van der Waals surface area contributed by atoms with Crippen molar-refractivity contribution >= 4 is 41.8 Å². The summed E-state index contributed by atoms with van der Waals surface area (Å²) in [4.78, 5) is 85.8. The van der Waals surface area contributed by atoms with Gasteiger partial charge in [0.2, 0.25) is 11.8 Å². The molecule has 2 aliphatic rings. The van der Waals surface area contributed by atoms with Gasteiger partial charge in [0.15, 0.2) is 18.4 Å². The first-order chi connectivity index (χ1) is 23.2. The van der Waals surface area contributed by atoms with E-state index in [0.717, 1.165) is 49.9 Å². The SMILES string of the molecule is CC(=O)N[C@H]1[C@@H](OC(C)=O)[C@H](OC(C)=O)[C@@H](COC(C)=O)O[C@H]1NC(=O)C[C@H](NC(=O)OCC1c2ccccc2-c2ccccc21)C(=O)O. The Morgan fingerprint density at radius 2 is 1.33 bits per heavy atom. The Morgan fingerprint density at radius 3 is 1.86 bits per heavy atom. The van der Waals surface area contributed by atoms with Crippen molar-refractivity contribution in [3.63, 3.8) is 0 Å². The van der Waals surface area contributed by atoms with Crippen LogP contribution >= 0.6 is 0 Å². The summed E-state index contributed by atoms with van der Waals surface area (Å²) in [5.74, 6) is -5.83. The zero-order chi connectivity index (χ0) is 35.8. The van der Waals surface area contributed by atoms with E-state index in [1.54, 1.807) is 0 Å². The summed E-state index contributed by atoms with van der Waals surface area (Å²) < 4.78 is 27.0. The third kappa shape index (κ3) is 9.31. The molecule has 3 amide bonds. The monoisotopic (exact) mass is 683 g/mol. The number of benzene rings is 2. The van der Waals surface area contributed by atoms with E-state index in [-0.39, 0.29) is 12.5 Å². The van der Waals surface area contributed by atoms with E-state index in [1.807, 2.05) is 48.5 Å². The normalized spacial score (nSPS) is 21.5. The molecule has 1 heterocycles. The number of nitrogens with one attached hydrogen (secondary N) is 3. The van der Waals surface area contributed by atoms with Crippen molar-refractivity contribution in [2.24, 2.45) is 0 Å². The summed E-state index contributed by atoms with van der Waals surface area (Å²) in [6, 6.07) is 12.2. The molecule has 262 valence electrons. The number of carboxylic acid groups (broad SMARTS) is 1. The highest BCUT2D eigenvalue weighted by molar-refractivity contribution is 5.87. The van der Waals surface area contributed by atoms with Crippen molar-refractivity contribution in [2.75, 3.05) is 13.2 Å². The first-order valence-electron chi connectivity index (χ1n) is 15.3. The molecular formula is C33H37N3O13. The molecule has 16 heteroatoms. The second-order valence-electron chi connectivity index (χ2n) is 11.4. The summed E-state index contributed by atoms with van der Waals surface area (Å²) in [6.07, 6.45) is -7.55. The summed E-state index contributed by atoms with van der Waals surface area (Å²) in [5.41, 5.74) is 3.89. The number of hydrogen-bond donors (Lipinski definition) is 4. The van der Waals surface area contributed by atoms with Crippen molar-refractivity contribution in [1.82, 2.24) is 16.0 Å². The molecule has 2 aromatic rings. The first kappa shape index (κ1) is 36.3. The molecule has 0 aromatic heterocycles. The lowest BCUT2D eigenvalue weighted by molar-refractivity contribution is -0.228. The van der Waals surface area contributed by atoms with Crippen LogP contribution in [0.4, 0.5) is 4.79 Å². The molecule has 0 bridgehead atoms. The molecule has 49 heavy (non-hydrogen) atoms. The van der Waals surface area contributed by atoms with Crippen LogP contribution in [0.25, 0.3) is 11.1 Å². The molecule has 0 radical (unpaired) electrons. The third-order valence-corrected chi connectivity index (χ3v) is 7.74. The molecule has 0 spiro atoms. The lowest BCUT2D eigenvalue weighted by Gasteiger charge is -2.45. The number of carbonyl (C=O) groups is 7. The maximum Gasteiger partial charge on any atom is 0.407 e. The zero-order valence-corrected chi connectivity index (χ0v) is 27.1. The minimum Gasteiger partial charge on any atom is -0.480 e. The average Bonchev–Trinajstić information content (AvgIpc) is 3.34. The summed E-state index contributed by atoms with van der Waals surface area (Å²) in [7, 11) is 0. The number of carbonyl (C=O) groups excluding carboxylic acids is 6. The van der Waals surface area contributed by atoms with Crippen LogP contribution in [0.2, 0.25) is 0 Å². The number of fused-ring (bicyclic) bond motifs is 3. The molecule has 16 nitrogen and oxygen atoms in total. The molecule has 4 rings (SSSR count). The Morgan fingerprint density at radius 1 is 0.755 bits per heavy atom. The van der Waals surface area contributed by atoms with Gasteiger partial charge in [0.1, 0.15) is 31.4 Å². The number of amides is 3. The highest BCUT2D eigenvalue weighted by Crippen LogP contribution is 2.44. The Labute approximate surface area is 280 Å². The van der Waals surface area contributed by atoms with Gasteiger partial charge in [-0.15, -0.1) is 0 Å². The van der Waals surface area contributed by atoms with Crippen LogP contribution in [0.15, 0.2) is 48.5 Å². The fraction of sp³-hybridized carbons (Fsp3) is 0.424. The molecule has 2 aromatic carbocycles. The smallest absolute Gasteiger partial charge is 0.407 e.